The summed E-state index contributed by atoms with van der Waals surface area (Å²) in [6.45, 7) is 0.190. The van der Waals surface area contributed by atoms with Crippen molar-refractivity contribution in [2.75, 3.05) is 5.73 Å². The fraction of sp³-hybridized carbons (Fsp3) is 0.200. The molecule has 2 N–H and O–H groups in total. The second kappa shape index (κ2) is 2.59. The highest BCUT2D eigenvalue weighted by atomic mass is 32.1. The largest absolute Gasteiger partial charge is 0.390 e. The van der Waals surface area contributed by atoms with Gasteiger partial charge in [0.25, 0.3) is 0 Å². The third-order valence-electron chi connectivity index (χ3n) is 1.02. The van der Waals surface area contributed by atoms with Crippen LogP contribution in [0.4, 0.5) is 5.00 Å². The number of rotatable bonds is 2. The van der Waals surface area contributed by atoms with Crippen LogP contribution in [0, 0.1) is 4.91 Å². The Morgan fingerprint density at radius 2 is 2.56 bits per heavy atom. The lowest BCUT2D eigenvalue weighted by Crippen LogP contribution is -1.84. The van der Waals surface area contributed by atoms with Gasteiger partial charge < -0.3 is 5.73 Å². The van der Waals surface area contributed by atoms with Crippen LogP contribution in [0.25, 0.3) is 0 Å². The Kier molecular flexibility index (Phi) is 1.79. The fourth-order valence-electron chi connectivity index (χ4n) is 0.547. The van der Waals surface area contributed by atoms with E-state index in [4.69, 9.17) is 5.73 Å². The van der Waals surface area contributed by atoms with E-state index in [-0.39, 0.29) is 6.54 Å². The van der Waals surface area contributed by atoms with Gasteiger partial charge in [0.05, 0.1) is 5.00 Å². The summed E-state index contributed by atoms with van der Waals surface area (Å²) in [6.07, 6.45) is 0. The molecule has 9 heavy (non-hydrogen) atoms. The summed E-state index contributed by atoms with van der Waals surface area (Å²) < 4.78 is 0. The Labute approximate surface area is 56.5 Å². The van der Waals surface area contributed by atoms with Gasteiger partial charge in [-0.1, -0.05) is 5.18 Å². The summed E-state index contributed by atoms with van der Waals surface area (Å²) in [5.74, 6) is 0. The first-order valence-corrected chi connectivity index (χ1v) is 3.33. The molecule has 48 valence electrons. The number of thiophene rings is 1. The smallest absolute Gasteiger partial charge is 0.109 e. The highest BCUT2D eigenvalue weighted by Crippen LogP contribution is 2.19. The molecular weight excluding hydrogens is 136 g/mol. The van der Waals surface area contributed by atoms with E-state index in [1.807, 2.05) is 5.38 Å². The average Bonchev–Trinajstić information content (AvgIpc) is 2.18. The van der Waals surface area contributed by atoms with Crippen molar-refractivity contribution in [1.29, 1.82) is 0 Å². The SMILES string of the molecule is Nc1sccc1CN=O. The van der Waals surface area contributed by atoms with Crippen molar-refractivity contribution >= 4 is 16.3 Å². The summed E-state index contributed by atoms with van der Waals surface area (Å²) in [5.41, 5.74) is 6.27. The third-order valence-corrected chi connectivity index (χ3v) is 1.80. The first kappa shape index (κ1) is 6.22. The molecule has 0 unspecified atom stereocenters. The minimum atomic E-state index is 0.190. The van der Waals surface area contributed by atoms with E-state index < -0.39 is 0 Å². The first-order chi connectivity index (χ1) is 4.34. The molecule has 0 aliphatic rings. The molecular formula is C5H6N2OS. The molecule has 1 aromatic rings. The van der Waals surface area contributed by atoms with Crippen LogP contribution in [0.3, 0.4) is 0 Å². The lowest BCUT2D eigenvalue weighted by Gasteiger charge is -1.86. The van der Waals surface area contributed by atoms with Gasteiger partial charge >= 0.3 is 0 Å². The van der Waals surface area contributed by atoms with Crippen molar-refractivity contribution < 1.29 is 0 Å². The lowest BCUT2D eigenvalue weighted by atomic mass is 10.3. The Morgan fingerprint density at radius 3 is 3.00 bits per heavy atom. The van der Waals surface area contributed by atoms with Gasteiger partial charge in [0.2, 0.25) is 0 Å². The summed E-state index contributed by atoms with van der Waals surface area (Å²) >= 11 is 1.42. The molecule has 1 rings (SSSR count). The van der Waals surface area contributed by atoms with Gasteiger partial charge in [-0.25, -0.2) is 0 Å². The van der Waals surface area contributed by atoms with Gasteiger partial charge in [0.15, 0.2) is 0 Å². The fourth-order valence-corrected chi connectivity index (χ4v) is 1.21. The second-order valence-corrected chi connectivity index (χ2v) is 2.54. The van der Waals surface area contributed by atoms with Crippen LogP contribution >= 0.6 is 11.3 Å². The van der Waals surface area contributed by atoms with Crippen LogP contribution in [-0.4, -0.2) is 0 Å². The quantitative estimate of drug-likeness (QED) is 0.637. The number of anilines is 1. The van der Waals surface area contributed by atoms with Crippen molar-refractivity contribution in [3.63, 3.8) is 0 Å². The minimum Gasteiger partial charge on any atom is -0.390 e. The molecule has 0 aliphatic heterocycles. The Morgan fingerprint density at radius 1 is 1.78 bits per heavy atom. The van der Waals surface area contributed by atoms with E-state index in [9.17, 15) is 4.91 Å². The number of nitrogen functional groups attached to an aromatic ring is 1. The summed E-state index contributed by atoms with van der Waals surface area (Å²) in [7, 11) is 0. The zero-order valence-corrected chi connectivity index (χ0v) is 5.52. The molecule has 0 saturated heterocycles. The van der Waals surface area contributed by atoms with E-state index in [1.54, 1.807) is 6.07 Å². The number of nitrogens with zero attached hydrogens (tertiary/aromatic N) is 1. The Balaban J connectivity index is 2.80. The zero-order valence-electron chi connectivity index (χ0n) is 4.70. The van der Waals surface area contributed by atoms with Crippen LogP contribution in [0.2, 0.25) is 0 Å². The number of hydrogen-bond acceptors (Lipinski definition) is 4. The van der Waals surface area contributed by atoms with Gasteiger partial charge in [0.1, 0.15) is 6.54 Å². The number of nitrogens with two attached hydrogens (primary N) is 1. The topological polar surface area (TPSA) is 55.4 Å². The third kappa shape index (κ3) is 1.26. The first-order valence-electron chi connectivity index (χ1n) is 2.45. The maximum Gasteiger partial charge on any atom is 0.109 e. The molecule has 1 heterocycles. The van der Waals surface area contributed by atoms with Crippen molar-refractivity contribution in [3.8, 4) is 0 Å². The van der Waals surface area contributed by atoms with Gasteiger partial charge in [-0.3, -0.25) is 0 Å². The van der Waals surface area contributed by atoms with Crippen LogP contribution in [0.5, 0.6) is 0 Å². The highest BCUT2D eigenvalue weighted by Gasteiger charge is 1.97. The normalized spacial score (nSPS) is 9.33. The summed E-state index contributed by atoms with van der Waals surface area (Å²) in [4.78, 5) is 9.72. The average molecular weight is 142 g/mol. The van der Waals surface area contributed by atoms with Crippen LogP contribution < -0.4 is 5.73 Å². The van der Waals surface area contributed by atoms with Crippen LogP contribution in [-0.2, 0) is 6.54 Å². The molecule has 1 aromatic heterocycles. The van der Waals surface area contributed by atoms with Gasteiger partial charge in [-0.05, 0) is 11.4 Å². The molecule has 0 amide bonds. The van der Waals surface area contributed by atoms with E-state index in [0.717, 1.165) is 5.56 Å². The van der Waals surface area contributed by atoms with Gasteiger partial charge in [0, 0.05) is 5.56 Å². The van der Waals surface area contributed by atoms with E-state index in [0.29, 0.717) is 5.00 Å². The predicted molar refractivity (Wildman–Crippen MR) is 38.2 cm³/mol. The maximum atomic E-state index is 9.72. The minimum absolute atomic E-state index is 0.190. The van der Waals surface area contributed by atoms with Crippen molar-refractivity contribution in [2.45, 2.75) is 6.54 Å². The molecule has 0 saturated carbocycles. The van der Waals surface area contributed by atoms with Crippen LogP contribution in [0.1, 0.15) is 5.56 Å². The summed E-state index contributed by atoms with van der Waals surface area (Å²) in [5, 5.41) is 5.25. The summed E-state index contributed by atoms with van der Waals surface area (Å²) in [6, 6.07) is 1.81. The van der Waals surface area contributed by atoms with E-state index in [1.165, 1.54) is 11.3 Å². The molecule has 0 atom stereocenters. The molecule has 0 spiro atoms. The highest BCUT2D eigenvalue weighted by molar-refractivity contribution is 7.14. The number of hydrogen-bond donors (Lipinski definition) is 1. The predicted octanol–water partition coefficient (Wildman–Crippen LogP) is 1.60. The zero-order chi connectivity index (χ0) is 6.69. The monoisotopic (exact) mass is 142 g/mol. The van der Waals surface area contributed by atoms with Gasteiger partial charge in [-0.2, -0.15) is 4.91 Å². The van der Waals surface area contributed by atoms with Crippen molar-refractivity contribution in [1.82, 2.24) is 0 Å². The molecule has 0 aliphatic carbocycles. The molecule has 0 bridgehead atoms. The van der Waals surface area contributed by atoms with E-state index in [2.05, 4.69) is 5.18 Å². The number of nitroso groups, excluding NO2 is 1. The van der Waals surface area contributed by atoms with E-state index >= 15 is 0 Å². The lowest BCUT2D eigenvalue weighted by molar-refractivity contribution is 1.07. The molecule has 0 aromatic carbocycles. The Hall–Kier alpha value is -0.900. The molecule has 0 radical (unpaired) electrons. The molecule has 3 nitrogen and oxygen atoms in total. The van der Waals surface area contributed by atoms with Gasteiger partial charge in [-0.15, -0.1) is 11.3 Å². The second-order valence-electron chi connectivity index (χ2n) is 1.60. The standard InChI is InChI=1S/C5H6N2OS/c6-5-4(3-7-8)1-2-9-5/h1-2H,3,6H2. The van der Waals surface area contributed by atoms with Crippen molar-refractivity contribution in [3.05, 3.63) is 21.9 Å². The molecule has 4 heteroatoms. The van der Waals surface area contributed by atoms with Crippen molar-refractivity contribution in [2.24, 2.45) is 5.18 Å². The Bertz CT molecular complexity index is 208. The van der Waals surface area contributed by atoms with Crippen LogP contribution in [0.15, 0.2) is 16.6 Å². The molecule has 0 fully saturated rings. The maximum absolute atomic E-state index is 9.72.